The van der Waals surface area contributed by atoms with Crippen molar-refractivity contribution >= 4 is 0 Å². The summed E-state index contributed by atoms with van der Waals surface area (Å²) in [4.78, 5) is 9.00. The largest absolute Gasteiger partial charge is 0.265 e. The third-order valence-electron chi connectivity index (χ3n) is 3.98. The minimum atomic E-state index is 0.976. The van der Waals surface area contributed by atoms with Gasteiger partial charge >= 0.3 is 0 Å². The third-order valence-corrected chi connectivity index (χ3v) is 3.98. The van der Waals surface area contributed by atoms with Crippen molar-refractivity contribution in [2.45, 2.75) is 0 Å². The van der Waals surface area contributed by atoms with E-state index >= 15 is 0 Å². The zero-order valence-electron chi connectivity index (χ0n) is 13.1. The molecule has 4 rings (SSSR count). The zero-order chi connectivity index (χ0) is 16.2. The van der Waals surface area contributed by atoms with Gasteiger partial charge in [0, 0.05) is 23.5 Å². The summed E-state index contributed by atoms with van der Waals surface area (Å²) in [6.07, 6.45) is 3.64. The summed E-state index contributed by atoms with van der Waals surface area (Å²) < 4.78 is 0. The summed E-state index contributed by atoms with van der Waals surface area (Å²) in [5.74, 6) is 0. The molecule has 0 aliphatic carbocycles. The molecule has 0 aliphatic heterocycles. The fourth-order valence-electron chi connectivity index (χ4n) is 2.76. The van der Waals surface area contributed by atoms with Gasteiger partial charge in [-0.25, -0.2) is 4.98 Å². The van der Waals surface area contributed by atoms with Gasteiger partial charge in [-0.3, -0.25) is 4.98 Å². The Morgan fingerprint density at radius 1 is 0.458 bits per heavy atom. The van der Waals surface area contributed by atoms with Crippen LogP contribution in [0.4, 0.5) is 0 Å². The van der Waals surface area contributed by atoms with Gasteiger partial charge in [0.2, 0.25) is 0 Å². The molecule has 0 amide bonds. The number of benzene rings is 2. The second-order valence-corrected chi connectivity index (χ2v) is 5.59. The van der Waals surface area contributed by atoms with E-state index in [9.17, 15) is 0 Å². The molecular formula is C22H16N2. The highest BCUT2D eigenvalue weighted by molar-refractivity contribution is 5.76. The third kappa shape index (κ3) is 2.95. The molecule has 0 unspecified atom stereocenters. The lowest BCUT2D eigenvalue weighted by molar-refractivity contribution is 1.31. The molecule has 2 heterocycles. The van der Waals surface area contributed by atoms with Crippen LogP contribution in [0.1, 0.15) is 0 Å². The lowest BCUT2D eigenvalue weighted by Crippen LogP contribution is -1.91. The molecule has 2 heteroatoms. The van der Waals surface area contributed by atoms with E-state index in [0.29, 0.717) is 0 Å². The minimum absolute atomic E-state index is 0.976. The van der Waals surface area contributed by atoms with Crippen LogP contribution in [0.3, 0.4) is 0 Å². The van der Waals surface area contributed by atoms with Crippen LogP contribution in [-0.2, 0) is 0 Å². The predicted octanol–water partition coefficient (Wildman–Crippen LogP) is 5.48. The van der Waals surface area contributed by atoms with Crippen molar-refractivity contribution < 1.29 is 0 Å². The van der Waals surface area contributed by atoms with E-state index < -0.39 is 0 Å². The number of aromatic nitrogens is 2. The first kappa shape index (κ1) is 14.3. The van der Waals surface area contributed by atoms with Crippen LogP contribution in [0.2, 0.25) is 0 Å². The summed E-state index contributed by atoms with van der Waals surface area (Å²) in [5.41, 5.74) is 6.47. The van der Waals surface area contributed by atoms with Crippen molar-refractivity contribution in [3.63, 3.8) is 0 Å². The Labute approximate surface area is 141 Å². The van der Waals surface area contributed by atoms with Gasteiger partial charge in [0.15, 0.2) is 0 Å². The number of nitrogens with zero attached hydrogens (tertiary/aromatic N) is 2. The Hall–Kier alpha value is -3.26. The second kappa shape index (κ2) is 6.47. The minimum Gasteiger partial charge on any atom is -0.265 e. The van der Waals surface area contributed by atoms with Crippen LogP contribution in [0.25, 0.3) is 33.6 Å². The van der Waals surface area contributed by atoms with Crippen molar-refractivity contribution in [1.82, 2.24) is 9.97 Å². The average Bonchev–Trinajstić information content (AvgIpc) is 2.70. The second-order valence-electron chi connectivity index (χ2n) is 5.59. The Morgan fingerprint density at radius 3 is 1.46 bits per heavy atom. The van der Waals surface area contributed by atoms with E-state index in [-0.39, 0.29) is 0 Å². The van der Waals surface area contributed by atoms with E-state index in [2.05, 4.69) is 41.4 Å². The molecule has 0 radical (unpaired) electrons. The summed E-state index contributed by atoms with van der Waals surface area (Å²) in [7, 11) is 0. The van der Waals surface area contributed by atoms with Crippen molar-refractivity contribution in [2.75, 3.05) is 0 Å². The quantitative estimate of drug-likeness (QED) is 0.501. The van der Waals surface area contributed by atoms with Crippen molar-refractivity contribution in [3.05, 3.63) is 97.3 Å². The van der Waals surface area contributed by atoms with Gasteiger partial charge in [0.25, 0.3) is 0 Å². The highest BCUT2D eigenvalue weighted by Crippen LogP contribution is 2.29. The highest BCUT2D eigenvalue weighted by atomic mass is 14.7. The van der Waals surface area contributed by atoms with E-state index in [1.807, 2.05) is 60.9 Å². The topological polar surface area (TPSA) is 25.8 Å². The maximum Gasteiger partial charge on any atom is 0.0715 e. The van der Waals surface area contributed by atoms with E-state index in [1.54, 1.807) is 0 Å². The molecular weight excluding hydrogens is 292 g/mol. The van der Waals surface area contributed by atoms with Gasteiger partial charge in [-0.2, -0.15) is 0 Å². The molecule has 24 heavy (non-hydrogen) atoms. The molecule has 0 N–H and O–H groups in total. The first-order valence-electron chi connectivity index (χ1n) is 7.93. The number of hydrogen-bond acceptors (Lipinski definition) is 2. The van der Waals surface area contributed by atoms with Crippen molar-refractivity contribution in [3.8, 4) is 33.6 Å². The van der Waals surface area contributed by atoms with Gasteiger partial charge in [-0.1, -0.05) is 60.7 Å². The smallest absolute Gasteiger partial charge is 0.0715 e. The van der Waals surface area contributed by atoms with Crippen LogP contribution in [0.5, 0.6) is 0 Å². The monoisotopic (exact) mass is 308 g/mol. The zero-order valence-corrected chi connectivity index (χ0v) is 13.1. The van der Waals surface area contributed by atoms with Crippen LogP contribution in [0.15, 0.2) is 97.3 Å². The molecule has 0 fully saturated rings. The van der Waals surface area contributed by atoms with Crippen LogP contribution in [0, 0.1) is 0 Å². The summed E-state index contributed by atoms with van der Waals surface area (Å²) in [6.45, 7) is 0. The van der Waals surface area contributed by atoms with E-state index in [1.165, 1.54) is 0 Å². The summed E-state index contributed by atoms with van der Waals surface area (Å²) >= 11 is 0. The molecule has 114 valence electrons. The molecule has 0 atom stereocenters. The molecule has 0 bridgehead atoms. The first-order valence-corrected chi connectivity index (χ1v) is 7.93. The Balaban J connectivity index is 1.92. The molecule has 2 aromatic heterocycles. The fourth-order valence-corrected chi connectivity index (χ4v) is 2.76. The van der Waals surface area contributed by atoms with E-state index in [4.69, 9.17) is 4.98 Å². The average molecular weight is 308 g/mol. The lowest BCUT2D eigenvalue weighted by atomic mass is 10.0. The van der Waals surface area contributed by atoms with Crippen LogP contribution >= 0.6 is 0 Å². The summed E-state index contributed by atoms with van der Waals surface area (Å²) in [5, 5.41) is 0. The number of hydrogen-bond donors (Lipinski definition) is 0. The van der Waals surface area contributed by atoms with Gasteiger partial charge < -0.3 is 0 Å². The molecule has 2 aromatic carbocycles. The Bertz CT molecular complexity index is 794. The highest BCUT2D eigenvalue weighted by Gasteiger charge is 2.08. The normalized spacial score (nSPS) is 10.5. The fraction of sp³-hybridized carbons (Fsp3) is 0. The van der Waals surface area contributed by atoms with Gasteiger partial charge in [-0.15, -0.1) is 0 Å². The molecule has 4 aromatic rings. The molecule has 0 aliphatic rings. The molecule has 2 nitrogen and oxygen atoms in total. The van der Waals surface area contributed by atoms with Crippen molar-refractivity contribution in [1.29, 1.82) is 0 Å². The Morgan fingerprint density at radius 2 is 0.958 bits per heavy atom. The molecule has 0 spiro atoms. The standard InChI is InChI=1S/C22H16N2/c1-3-7-18(8-4-1)21-15-20(17-11-13-23-14-12-17)16-22(24-21)19-9-5-2-6-10-19/h1-16H. The van der Waals surface area contributed by atoms with Gasteiger partial charge in [-0.05, 0) is 35.4 Å². The lowest BCUT2D eigenvalue weighted by Gasteiger charge is -2.10. The first-order chi connectivity index (χ1) is 11.9. The molecule has 0 saturated heterocycles. The van der Waals surface area contributed by atoms with Crippen molar-refractivity contribution in [2.24, 2.45) is 0 Å². The SMILES string of the molecule is c1ccc(-c2cc(-c3ccncc3)cc(-c3ccccc3)n2)cc1. The predicted molar refractivity (Wildman–Crippen MR) is 98.3 cm³/mol. The number of rotatable bonds is 3. The Kier molecular flexibility index (Phi) is 3.86. The van der Waals surface area contributed by atoms with E-state index in [0.717, 1.165) is 33.6 Å². The maximum atomic E-state index is 4.88. The van der Waals surface area contributed by atoms with Crippen LogP contribution in [-0.4, -0.2) is 9.97 Å². The van der Waals surface area contributed by atoms with Gasteiger partial charge in [0.05, 0.1) is 11.4 Å². The number of pyridine rings is 2. The summed E-state index contributed by atoms with van der Waals surface area (Å²) in [6, 6.07) is 28.9. The van der Waals surface area contributed by atoms with Gasteiger partial charge in [0.1, 0.15) is 0 Å². The van der Waals surface area contributed by atoms with Crippen LogP contribution < -0.4 is 0 Å². The maximum absolute atomic E-state index is 4.88. The molecule has 0 saturated carbocycles.